The van der Waals surface area contributed by atoms with E-state index < -0.39 is 6.04 Å². The summed E-state index contributed by atoms with van der Waals surface area (Å²) in [5.74, 6) is 0.669. The molecule has 1 atom stereocenters. The number of benzene rings is 1. The molecule has 0 unspecified atom stereocenters. The van der Waals surface area contributed by atoms with Crippen LogP contribution in [0.2, 0.25) is 0 Å². The third-order valence-electron chi connectivity index (χ3n) is 2.93. The SMILES string of the molecule is CN(Cc1ncc[nH]1)C(=O)[C@@H](N)Cc1ccccc1. The van der Waals surface area contributed by atoms with E-state index >= 15 is 0 Å². The highest BCUT2D eigenvalue weighted by atomic mass is 16.2. The van der Waals surface area contributed by atoms with Gasteiger partial charge in [0.1, 0.15) is 5.82 Å². The number of aromatic amines is 1. The van der Waals surface area contributed by atoms with E-state index in [1.165, 1.54) is 0 Å². The summed E-state index contributed by atoms with van der Waals surface area (Å²) in [5, 5.41) is 0. The number of nitrogens with two attached hydrogens (primary N) is 1. The molecular weight excluding hydrogens is 240 g/mol. The number of aromatic nitrogens is 2. The van der Waals surface area contributed by atoms with Crippen molar-refractivity contribution in [1.82, 2.24) is 14.9 Å². The largest absolute Gasteiger partial charge is 0.347 e. The number of hydrogen-bond donors (Lipinski definition) is 2. The van der Waals surface area contributed by atoms with Crippen LogP contribution in [0, 0.1) is 0 Å². The Balaban J connectivity index is 1.91. The van der Waals surface area contributed by atoms with Crippen LogP contribution in [0.5, 0.6) is 0 Å². The second kappa shape index (κ2) is 6.15. The molecule has 2 aromatic rings. The zero-order chi connectivity index (χ0) is 13.7. The second-order valence-corrected chi connectivity index (χ2v) is 4.53. The lowest BCUT2D eigenvalue weighted by atomic mass is 10.1. The average Bonchev–Trinajstić information content (AvgIpc) is 2.91. The fourth-order valence-corrected chi connectivity index (χ4v) is 1.93. The average molecular weight is 258 g/mol. The van der Waals surface area contributed by atoms with Crippen LogP contribution in [0.15, 0.2) is 42.7 Å². The Kier molecular flexibility index (Phi) is 4.30. The smallest absolute Gasteiger partial charge is 0.239 e. The molecule has 1 amide bonds. The molecule has 0 aliphatic rings. The van der Waals surface area contributed by atoms with Crippen molar-refractivity contribution in [3.8, 4) is 0 Å². The summed E-state index contributed by atoms with van der Waals surface area (Å²) in [7, 11) is 1.73. The van der Waals surface area contributed by atoms with Crippen molar-refractivity contribution < 1.29 is 4.79 Å². The first-order valence-electron chi connectivity index (χ1n) is 6.19. The van der Waals surface area contributed by atoms with Crippen molar-refractivity contribution in [3.63, 3.8) is 0 Å². The standard InChI is InChI=1S/C14H18N4O/c1-18(10-13-16-7-8-17-13)14(19)12(15)9-11-5-3-2-4-6-11/h2-8,12H,9-10,15H2,1H3,(H,16,17)/t12-/m0/s1. The van der Waals surface area contributed by atoms with Gasteiger partial charge >= 0.3 is 0 Å². The van der Waals surface area contributed by atoms with E-state index in [1.54, 1.807) is 24.3 Å². The Labute approximate surface area is 112 Å². The maximum atomic E-state index is 12.1. The summed E-state index contributed by atoms with van der Waals surface area (Å²) in [4.78, 5) is 20.8. The summed E-state index contributed by atoms with van der Waals surface area (Å²) in [5.41, 5.74) is 7.02. The molecule has 5 heteroatoms. The molecule has 0 bridgehead atoms. The van der Waals surface area contributed by atoms with E-state index in [0.29, 0.717) is 13.0 Å². The lowest BCUT2D eigenvalue weighted by Crippen LogP contribution is -2.42. The van der Waals surface area contributed by atoms with Gasteiger partial charge in [0.2, 0.25) is 5.91 Å². The summed E-state index contributed by atoms with van der Waals surface area (Å²) in [6.45, 7) is 0.439. The van der Waals surface area contributed by atoms with Crippen molar-refractivity contribution in [2.75, 3.05) is 7.05 Å². The van der Waals surface area contributed by atoms with E-state index in [2.05, 4.69) is 9.97 Å². The zero-order valence-electron chi connectivity index (χ0n) is 10.9. The van der Waals surface area contributed by atoms with Gasteiger partial charge in [-0.3, -0.25) is 4.79 Å². The molecule has 0 saturated heterocycles. The Hall–Kier alpha value is -2.14. The van der Waals surface area contributed by atoms with Crippen LogP contribution in [-0.4, -0.2) is 33.9 Å². The third-order valence-corrected chi connectivity index (χ3v) is 2.93. The fourth-order valence-electron chi connectivity index (χ4n) is 1.93. The van der Waals surface area contributed by atoms with Gasteiger partial charge in [-0.25, -0.2) is 4.98 Å². The van der Waals surface area contributed by atoms with E-state index in [4.69, 9.17) is 5.73 Å². The summed E-state index contributed by atoms with van der Waals surface area (Å²) >= 11 is 0. The zero-order valence-corrected chi connectivity index (χ0v) is 10.9. The maximum Gasteiger partial charge on any atom is 0.239 e. The molecule has 3 N–H and O–H groups in total. The monoisotopic (exact) mass is 258 g/mol. The van der Waals surface area contributed by atoms with Gasteiger partial charge in [0.25, 0.3) is 0 Å². The van der Waals surface area contributed by atoms with E-state index in [9.17, 15) is 4.79 Å². The number of carbonyl (C=O) groups excluding carboxylic acids is 1. The number of carbonyl (C=O) groups is 1. The maximum absolute atomic E-state index is 12.1. The van der Waals surface area contributed by atoms with Gasteiger partial charge in [0.05, 0.1) is 12.6 Å². The number of imidazole rings is 1. The van der Waals surface area contributed by atoms with E-state index in [0.717, 1.165) is 11.4 Å². The molecule has 0 spiro atoms. The minimum Gasteiger partial charge on any atom is -0.347 e. The molecular formula is C14H18N4O. The molecule has 1 heterocycles. The third kappa shape index (κ3) is 3.66. The lowest BCUT2D eigenvalue weighted by Gasteiger charge is -2.20. The van der Waals surface area contributed by atoms with Crippen LogP contribution in [0.1, 0.15) is 11.4 Å². The van der Waals surface area contributed by atoms with Gasteiger partial charge in [0.15, 0.2) is 0 Å². The molecule has 1 aromatic heterocycles. The molecule has 0 aliphatic heterocycles. The molecule has 0 fully saturated rings. The van der Waals surface area contributed by atoms with E-state index in [-0.39, 0.29) is 5.91 Å². The highest BCUT2D eigenvalue weighted by Crippen LogP contribution is 2.05. The van der Waals surface area contributed by atoms with Crippen LogP contribution in [0.4, 0.5) is 0 Å². The number of hydrogen-bond acceptors (Lipinski definition) is 3. The van der Waals surface area contributed by atoms with Crippen LogP contribution < -0.4 is 5.73 Å². The number of nitrogens with one attached hydrogen (secondary N) is 1. The summed E-state index contributed by atoms with van der Waals surface area (Å²) < 4.78 is 0. The van der Waals surface area contributed by atoms with Gasteiger partial charge in [-0.1, -0.05) is 30.3 Å². The Morgan fingerprint density at radius 2 is 2.16 bits per heavy atom. The number of rotatable bonds is 5. The van der Waals surface area contributed by atoms with Gasteiger partial charge in [-0.15, -0.1) is 0 Å². The number of nitrogens with zero attached hydrogens (tertiary/aromatic N) is 2. The van der Waals surface area contributed by atoms with Gasteiger partial charge < -0.3 is 15.6 Å². The minimum absolute atomic E-state index is 0.0831. The number of amides is 1. The van der Waals surface area contributed by atoms with Crippen molar-refractivity contribution in [2.24, 2.45) is 5.73 Å². The molecule has 5 nitrogen and oxygen atoms in total. The molecule has 0 radical (unpaired) electrons. The predicted molar refractivity (Wildman–Crippen MR) is 73.2 cm³/mol. The summed E-state index contributed by atoms with van der Waals surface area (Å²) in [6.07, 6.45) is 3.94. The Morgan fingerprint density at radius 3 is 2.79 bits per heavy atom. The minimum atomic E-state index is -0.526. The van der Waals surface area contributed by atoms with Crippen LogP contribution >= 0.6 is 0 Å². The van der Waals surface area contributed by atoms with Crippen molar-refractivity contribution in [1.29, 1.82) is 0 Å². The van der Waals surface area contributed by atoms with Crippen molar-refractivity contribution in [2.45, 2.75) is 19.0 Å². The number of likely N-dealkylation sites (N-methyl/N-ethyl adjacent to an activating group) is 1. The van der Waals surface area contributed by atoms with Gasteiger partial charge in [-0.05, 0) is 12.0 Å². The van der Waals surface area contributed by atoms with Crippen LogP contribution in [0.25, 0.3) is 0 Å². The first-order valence-corrected chi connectivity index (χ1v) is 6.19. The summed E-state index contributed by atoms with van der Waals surface area (Å²) in [6, 6.07) is 9.25. The van der Waals surface area contributed by atoms with Gasteiger partial charge in [0, 0.05) is 19.4 Å². The first kappa shape index (κ1) is 13.3. The highest BCUT2D eigenvalue weighted by molar-refractivity contribution is 5.81. The quantitative estimate of drug-likeness (QED) is 0.838. The molecule has 2 rings (SSSR count). The lowest BCUT2D eigenvalue weighted by molar-refractivity contribution is -0.131. The molecule has 0 aliphatic carbocycles. The highest BCUT2D eigenvalue weighted by Gasteiger charge is 2.18. The fraction of sp³-hybridized carbons (Fsp3) is 0.286. The predicted octanol–water partition coefficient (Wildman–Crippen LogP) is 0.938. The van der Waals surface area contributed by atoms with Crippen LogP contribution in [0.3, 0.4) is 0 Å². The molecule has 1 aromatic carbocycles. The Morgan fingerprint density at radius 1 is 1.42 bits per heavy atom. The topological polar surface area (TPSA) is 75.0 Å². The van der Waals surface area contributed by atoms with Crippen LogP contribution in [-0.2, 0) is 17.8 Å². The first-order chi connectivity index (χ1) is 9.16. The van der Waals surface area contributed by atoms with Crippen molar-refractivity contribution in [3.05, 3.63) is 54.1 Å². The molecule has 0 saturated carbocycles. The molecule has 100 valence electrons. The molecule has 19 heavy (non-hydrogen) atoms. The Bertz CT molecular complexity index is 510. The van der Waals surface area contributed by atoms with Crippen molar-refractivity contribution >= 4 is 5.91 Å². The second-order valence-electron chi connectivity index (χ2n) is 4.53. The number of H-pyrrole nitrogens is 1. The van der Waals surface area contributed by atoms with E-state index in [1.807, 2.05) is 30.3 Å². The normalized spacial score (nSPS) is 12.1. The van der Waals surface area contributed by atoms with Gasteiger partial charge in [-0.2, -0.15) is 0 Å².